The molecule has 0 fully saturated rings. The average molecular weight is 406 g/mol. The van der Waals surface area contributed by atoms with Crippen LogP contribution < -0.4 is 25.4 Å². The molecule has 30 heavy (non-hydrogen) atoms. The van der Waals surface area contributed by atoms with Gasteiger partial charge in [0.25, 0.3) is 11.5 Å². The molecular weight excluding hydrogens is 380 g/mol. The van der Waals surface area contributed by atoms with E-state index in [1.807, 2.05) is 50.4 Å². The van der Waals surface area contributed by atoms with Crippen LogP contribution in [-0.4, -0.2) is 44.8 Å². The standard InChI is InChI=1S/C23H26N4O3/c1-14-10-17-19(26(4)23(14)29)12-16(30-5)13-20(17)27-9-8-25(3)18-7-6-15(11-21(18)27)22(28)24-2/h6-7,10-13H,8-9H2,1-5H3,(H,24,28). The van der Waals surface area contributed by atoms with Gasteiger partial charge in [0.1, 0.15) is 5.75 Å². The summed E-state index contributed by atoms with van der Waals surface area (Å²) in [6, 6.07) is 11.6. The molecule has 0 saturated carbocycles. The largest absolute Gasteiger partial charge is 0.497 e. The molecule has 0 unspecified atom stereocenters. The van der Waals surface area contributed by atoms with Crippen molar-refractivity contribution in [2.45, 2.75) is 6.92 Å². The molecular formula is C23H26N4O3. The van der Waals surface area contributed by atoms with E-state index in [0.29, 0.717) is 16.9 Å². The van der Waals surface area contributed by atoms with E-state index in [4.69, 9.17) is 4.74 Å². The lowest BCUT2D eigenvalue weighted by Gasteiger charge is -2.38. The Morgan fingerprint density at radius 2 is 1.80 bits per heavy atom. The molecule has 156 valence electrons. The van der Waals surface area contributed by atoms with Crippen molar-refractivity contribution in [1.82, 2.24) is 9.88 Å². The van der Waals surface area contributed by atoms with E-state index in [1.54, 1.807) is 25.8 Å². The number of likely N-dealkylation sites (N-methyl/N-ethyl adjacent to an activating group) is 1. The number of nitrogens with one attached hydrogen (secondary N) is 1. The van der Waals surface area contributed by atoms with Crippen LogP contribution in [0.4, 0.5) is 17.1 Å². The molecule has 1 amide bonds. The minimum absolute atomic E-state index is 0.0256. The lowest BCUT2D eigenvalue weighted by molar-refractivity contribution is 0.0963. The number of pyridine rings is 1. The van der Waals surface area contributed by atoms with Crippen LogP contribution in [-0.2, 0) is 7.05 Å². The molecule has 1 aliphatic rings. The highest BCUT2D eigenvalue weighted by Gasteiger charge is 2.25. The highest BCUT2D eigenvalue weighted by molar-refractivity contribution is 6.00. The number of carbonyl (C=O) groups excluding carboxylic acids is 1. The Balaban J connectivity index is 2.01. The van der Waals surface area contributed by atoms with Gasteiger partial charge in [-0.2, -0.15) is 0 Å². The van der Waals surface area contributed by atoms with Crippen LogP contribution in [0.15, 0.2) is 41.2 Å². The molecule has 3 aromatic rings. The number of methoxy groups -OCH3 is 1. The highest BCUT2D eigenvalue weighted by Crippen LogP contribution is 2.42. The molecule has 2 aromatic carbocycles. The number of anilines is 3. The topological polar surface area (TPSA) is 66.8 Å². The summed E-state index contributed by atoms with van der Waals surface area (Å²) in [5.41, 5.74) is 5.02. The summed E-state index contributed by atoms with van der Waals surface area (Å²) in [5, 5.41) is 3.66. The number of hydrogen-bond acceptors (Lipinski definition) is 5. The smallest absolute Gasteiger partial charge is 0.253 e. The molecule has 1 aromatic heterocycles. The minimum atomic E-state index is -0.125. The lowest BCUT2D eigenvalue weighted by atomic mass is 10.0. The van der Waals surface area contributed by atoms with E-state index in [-0.39, 0.29) is 11.5 Å². The van der Waals surface area contributed by atoms with Crippen molar-refractivity contribution < 1.29 is 9.53 Å². The highest BCUT2D eigenvalue weighted by atomic mass is 16.5. The molecule has 4 rings (SSSR count). The second-order valence-corrected chi connectivity index (χ2v) is 7.63. The Hall–Kier alpha value is -3.48. The summed E-state index contributed by atoms with van der Waals surface area (Å²) in [5.74, 6) is 0.555. The number of hydrogen-bond donors (Lipinski definition) is 1. The molecule has 0 bridgehead atoms. The summed E-state index contributed by atoms with van der Waals surface area (Å²) in [4.78, 5) is 29.2. The van der Waals surface area contributed by atoms with Crippen LogP contribution in [0.3, 0.4) is 0 Å². The van der Waals surface area contributed by atoms with Crippen LogP contribution in [0.1, 0.15) is 15.9 Å². The Kier molecular flexibility index (Phi) is 4.89. The summed E-state index contributed by atoms with van der Waals surface area (Å²) < 4.78 is 7.21. The molecule has 0 radical (unpaired) electrons. The number of aryl methyl sites for hydroxylation is 2. The summed E-state index contributed by atoms with van der Waals surface area (Å²) in [6.45, 7) is 3.40. The van der Waals surface area contributed by atoms with Gasteiger partial charge in [-0.05, 0) is 31.2 Å². The van der Waals surface area contributed by atoms with E-state index < -0.39 is 0 Å². The van der Waals surface area contributed by atoms with Gasteiger partial charge >= 0.3 is 0 Å². The molecule has 0 atom stereocenters. The summed E-state index contributed by atoms with van der Waals surface area (Å²) in [7, 11) is 7.08. The summed E-state index contributed by atoms with van der Waals surface area (Å²) >= 11 is 0. The predicted molar refractivity (Wildman–Crippen MR) is 121 cm³/mol. The van der Waals surface area contributed by atoms with Gasteiger partial charge in [-0.3, -0.25) is 9.59 Å². The zero-order valence-corrected chi connectivity index (χ0v) is 17.9. The van der Waals surface area contributed by atoms with E-state index in [2.05, 4.69) is 15.1 Å². The van der Waals surface area contributed by atoms with Crippen LogP contribution in [0.25, 0.3) is 10.9 Å². The number of aromatic nitrogens is 1. The number of amides is 1. The normalized spacial score (nSPS) is 13.4. The zero-order valence-electron chi connectivity index (χ0n) is 17.9. The zero-order chi connectivity index (χ0) is 21.6. The van der Waals surface area contributed by atoms with E-state index >= 15 is 0 Å². The van der Waals surface area contributed by atoms with Gasteiger partial charge in [-0.25, -0.2) is 0 Å². The Bertz CT molecular complexity index is 1220. The van der Waals surface area contributed by atoms with Gasteiger partial charge in [0.15, 0.2) is 0 Å². The number of carbonyl (C=O) groups is 1. The first-order chi connectivity index (χ1) is 14.3. The number of rotatable bonds is 3. The molecule has 1 aliphatic heterocycles. The van der Waals surface area contributed by atoms with Gasteiger partial charge in [0, 0.05) is 62.9 Å². The van der Waals surface area contributed by atoms with Gasteiger partial charge in [-0.1, -0.05) is 0 Å². The fourth-order valence-corrected chi connectivity index (χ4v) is 4.11. The summed E-state index contributed by atoms with van der Waals surface area (Å²) in [6.07, 6.45) is 0. The van der Waals surface area contributed by atoms with Crippen molar-refractivity contribution in [1.29, 1.82) is 0 Å². The molecule has 7 nitrogen and oxygen atoms in total. The Labute approximate surface area is 175 Å². The maximum absolute atomic E-state index is 12.5. The van der Waals surface area contributed by atoms with Gasteiger partial charge in [0.2, 0.25) is 0 Å². The third-order valence-electron chi connectivity index (χ3n) is 5.83. The maximum Gasteiger partial charge on any atom is 0.253 e. The van der Waals surface area contributed by atoms with Crippen molar-refractivity contribution >= 4 is 33.9 Å². The van der Waals surface area contributed by atoms with Crippen molar-refractivity contribution in [2.24, 2.45) is 7.05 Å². The first-order valence-electron chi connectivity index (χ1n) is 9.89. The molecule has 0 aliphatic carbocycles. The third kappa shape index (κ3) is 3.07. The second-order valence-electron chi connectivity index (χ2n) is 7.63. The molecule has 0 spiro atoms. The van der Waals surface area contributed by atoms with E-state index in [0.717, 1.165) is 41.1 Å². The number of benzene rings is 2. The minimum Gasteiger partial charge on any atom is -0.497 e. The van der Waals surface area contributed by atoms with E-state index in [9.17, 15) is 9.59 Å². The van der Waals surface area contributed by atoms with Crippen molar-refractivity contribution in [3.63, 3.8) is 0 Å². The molecule has 7 heteroatoms. The monoisotopic (exact) mass is 406 g/mol. The van der Waals surface area contributed by atoms with Crippen molar-refractivity contribution in [3.05, 3.63) is 57.9 Å². The van der Waals surface area contributed by atoms with Crippen LogP contribution in [0.5, 0.6) is 5.75 Å². The first-order valence-corrected chi connectivity index (χ1v) is 9.89. The second kappa shape index (κ2) is 7.40. The fraction of sp³-hybridized carbons (Fsp3) is 0.304. The lowest BCUT2D eigenvalue weighted by Crippen LogP contribution is -2.37. The third-order valence-corrected chi connectivity index (χ3v) is 5.83. The molecule has 2 heterocycles. The van der Waals surface area contributed by atoms with Gasteiger partial charge in [-0.15, -0.1) is 0 Å². The maximum atomic E-state index is 12.5. The Morgan fingerprint density at radius 3 is 2.50 bits per heavy atom. The SMILES string of the molecule is CNC(=O)c1ccc2c(c1)N(c1cc(OC)cc3c1cc(C)c(=O)n3C)CCN2C. The quantitative estimate of drug-likeness (QED) is 0.725. The van der Waals surface area contributed by atoms with Crippen LogP contribution in [0.2, 0.25) is 0 Å². The fourth-order valence-electron chi connectivity index (χ4n) is 4.11. The first kappa shape index (κ1) is 19.8. The molecule has 0 saturated heterocycles. The van der Waals surface area contributed by atoms with Crippen LogP contribution in [0, 0.1) is 6.92 Å². The average Bonchev–Trinajstić information content (AvgIpc) is 2.76. The molecule has 1 N–H and O–H groups in total. The van der Waals surface area contributed by atoms with E-state index in [1.165, 1.54) is 0 Å². The predicted octanol–water partition coefficient (Wildman–Crippen LogP) is 2.80. The van der Waals surface area contributed by atoms with Crippen molar-refractivity contribution in [2.75, 3.05) is 44.1 Å². The van der Waals surface area contributed by atoms with Crippen LogP contribution >= 0.6 is 0 Å². The number of fused-ring (bicyclic) bond motifs is 2. The van der Waals surface area contributed by atoms with Gasteiger partial charge < -0.3 is 24.4 Å². The number of ether oxygens (including phenoxy) is 1. The number of nitrogens with zero attached hydrogens (tertiary/aromatic N) is 3. The van der Waals surface area contributed by atoms with Crippen molar-refractivity contribution in [3.8, 4) is 5.75 Å². The van der Waals surface area contributed by atoms with Gasteiger partial charge in [0.05, 0.1) is 29.7 Å². The Morgan fingerprint density at radius 1 is 1.03 bits per heavy atom.